The Bertz CT molecular complexity index is 553. The predicted octanol–water partition coefficient (Wildman–Crippen LogP) is 4.38. The smallest absolute Gasteiger partial charge is 0.123 e. The lowest BCUT2D eigenvalue weighted by Crippen LogP contribution is -2.25. The van der Waals surface area contributed by atoms with Crippen LogP contribution >= 0.6 is 0 Å². The molecule has 0 amide bonds. The number of hydrogen-bond acceptors (Lipinski definition) is 3. The van der Waals surface area contributed by atoms with E-state index in [1.165, 1.54) is 0 Å². The number of nitrogens with zero attached hydrogens (tertiary/aromatic N) is 1. The first-order valence-electron chi connectivity index (χ1n) is 8.43. The van der Waals surface area contributed by atoms with Crippen LogP contribution in [0.4, 0.5) is 0 Å². The van der Waals surface area contributed by atoms with Gasteiger partial charge in [-0.1, -0.05) is 50.2 Å². The third kappa shape index (κ3) is 6.33. The van der Waals surface area contributed by atoms with E-state index >= 15 is 0 Å². The molecule has 0 spiro atoms. The SMILES string of the molecule is CCN(CC)CCCOc1cccc(OCc2ccccc2)c1. The van der Waals surface area contributed by atoms with Crippen LogP contribution in [0.25, 0.3) is 0 Å². The van der Waals surface area contributed by atoms with E-state index in [9.17, 15) is 0 Å². The molecule has 3 nitrogen and oxygen atoms in total. The van der Waals surface area contributed by atoms with E-state index in [1.807, 2.05) is 42.5 Å². The molecule has 0 saturated carbocycles. The quantitative estimate of drug-likeness (QED) is 0.608. The molecule has 0 atom stereocenters. The molecule has 0 fully saturated rings. The van der Waals surface area contributed by atoms with Crippen LogP contribution in [0.3, 0.4) is 0 Å². The van der Waals surface area contributed by atoms with E-state index in [-0.39, 0.29) is 0 Å². The minimum Gasteiger partial charge on any atom is -0.493 e. The minimum absolute atomic E-state index is 0.576. The van der Waals surface area contributed by atoms with Gasteiger partial charge in [0, 0.05) is 12.6 Å². The van der Waals surface area contributed by atoms with Crippen molar-refractivity contribution in [1.29, 1.82) is 0 Å². The molecule has 0 aromatic heterocycles. The van der Waals surface area contributed by atoms with Crippen LogP contribution < -0.4 is 9.47 Å². The average molecular weight is 313 g/mol. The van der Waals surface area contributed by atoms with Gasteiger partial charge in [0.15, 0.2) is 0 Å². The van der Waals surface area contributed by atoms with Crippen molar-refractivity contribution in [2.45, 2.75) is 26.9 Å². The van der Waals surface area contributed by atoms with Crippen molar-refractivity contribution in [1.82, 2.24) is 4.90 Å². The van der Waals surface area contributed by atoms with Gasteiger partial charge in [0.25, 0.3) is 0 Å². The highest BCUT2D eigenvalue weighted by Gasteiger charge is 2.01. The van der Waals surface area contributed by atoms with Gasteiger partial charge in [-0.3, -0.25) is 0 Å². The summed E-state index contributed by atoms with van der Waals surface area (Å²) in [4.78, 5) is 2.41. The average Bonchev–Trinajstić information content (AvgIpc) is 2.61. The molecule has 0 radical (unpaired) electrons. The lowest BCUT2D eigenvalue weighted by atomic mass is 10.2. The standard InChI is InChI=1S/C20H27NO2/c1-3-21(4-2)14-9-15-22-19-12-8-13-20(16-19)23-17-18-10-6-5-7-11-18/h5-8,10-13,16H,3-4,9,14-15,17H2,1-2H3. The molecule has 0 saturated heterocycles. The Morgan fingerprint density at radius 2 is 1.52 bits per heavy atom. The number of benzene rings is 2. The molecule has 23 heavy (non-hydrogen) atoms. The van der Waals surface area contributed by atoms with Gasteiger partial charge in [-0.25, -0.2) is 0 Å². The summed E-state index contributed by atoms with van der Waals surface area (Å²) in [6.07, 6.45) is 1.04. The maximum atomic E-state index is 5.83. The van der Waals surface area contributed by atoms with E-state index in [2.05, 4.69) is 30.9 Å². The third-order valence-electron chi connectivity index (χ3n) is 3.84. The monoisotopic (exact) mass is 313 g/mol. The molecule has 2 aromatic rings. The van der Waals surface area contributed by atoms with Crippen LogP contribution in [-0.4, -0.2) is 31.1 Å². The Kier molecular flexibility index (Phi) is 7.47. The first kappa shape index (κ1) is 17.4. The second-order valence-electron chi connectivity index (χ2n) is 5.48. The Balaban J connectivity index is 1.76. The van der Waals surface area contributed by atoms with Crippen LogP contribution in [0.1, 0.15) is 25.8 Å². The molecule has 2 rings (SSSR count). The zero-order valence-electron chi connectivity index (χ0n) is 14.2. The van der Waals surface area contributed by atoms with Gasteiger partial charge in [0.05, 0.1) is 6.61 Å². The third-order valence-corrected chi connectivity index (χ3v) is 3.84. The van der Waals surface area contributed by atoms with Gasteiger partial charge in [0.2, 0.25) is 0 Å². The lowest BCUT2D eigenvalue weighted by Gasteiger charge is -2.17. The lowest BCUT2D eigenvalue weighted by molar-refractivity contribution is 0.247. The largest absolute Gasteiger partial charge is 0.493 e. The topological polar surface area (TPSA) is 21.7 Å². The number of rotatable bonds is 10. The molecule has 0 heterocycles. The Morgan fingerprint density at radius 1 is 0.826 bits per heavy atom. The van der Waals surface area contributed by atoms with E-state index < -0.39 is 0 Å². The molecule has 3 heteroatoms. The van der Waals surface area contributed by atoms with Gasteiger partial charge >= 0.3 is 0 Å². The summed E-state index contributed by atoms with van der Waals surface area (Å²) >= 11 is 0. The Hall–Kier alpha value is -2.00. The molecule has 0 N–H and O–H groups in total. The van der Waals surface area contributed by atoms with Gasteiger partial charge in [-0.05, 0) is 37.2 Å². The van der Waals surface area contributed by atoms with Crippen molar-refractivity contribution >= 4 is 0 Å². The molecular formula is C20H27NO2. The molecule has 2 aromatic carbocycles. The van der Waals surface area contributed by atoms with E-state index in [0.29, 0.717) is 6.61 Å². The fourth-order valence-corrected chi connectivity index (χ4v) is 2.41. The highest BCUT2D eigenvalue weighted by molar-refractivity contribution is 5.33. The van der Waals surface area contributed by atoms with Gasteiger partial charge in [0.1, 0.15) is 18.1 Å². The van der Waals surface area contributed by atoms with Crippen molar-refractivity contribution in [2.24, 2.45) is 0 Å². The summed E-state index contributed by atoms with van der Waals surface area (Å²) in [6.45, 7) is 8.97. The summed E-state index contributed by atoms with van der Waals surface area (Å²) in [5.74, 6) is 1.71. The first-order chi connectivity index (χ1) is 11.3. The molecule has 0 unspecified atom stereocenters. The molecule has 0 aliphatic heterocycles. The van der Waals surface area contributed by atoms with Crippen molar-refractivity contribution in [3.05, 3.63) is 60.2 Å². The van der Waals surface area contributed by atoms with Crippen LogP contribution in [-0.2, 0) is 6.61 Å². The van der Waals surface area contributed by atoms with Crippen molar-refractivity contribution in [3.8, 4) is 11.5 Å². The minimum atomic E-state index is 0.576. The summed E-state index contributed by atoms with van der Waals surface area (Å²) in [7, 11) is 0. The highest BCUT2D eigenvalue weighted by Crippen LogP contribution is 2.20. The van der Waals surface area contributed by atoms with E-state index in [0.717, 1.165) is 49.7 Å². The highest BCUT2D eigenvalue weighted by atomic mass is 16.5. The van der Waals surface area contributed by atoms with Crippen molar-refractivity contribution in [3.63, 3.8) is 0 Å². The molecule has 0 bridgehead atoms. The maximum absolute atomic E-state index is 5.83. The van der Waals surface area contributed by atoms with Gasteiger partial charge in [-0.2, -0.15) is 0 Å². The van der Waals surface area contributed by atoms with Crippen LogP contribution in [0.2, 0.25) is 0 Å². The normalized spacial score (nSPS) is 10.7. The van der Waals surface area contributed by atoms with Gasteiger partial charge in [-0.15, -0.1) is 0 Å². The zero-order valence-corrected chi connectivity index (χ0v) is 14.2. The zero-order chi connectivity index (χ0) is 16.3. The molecular weight excluding hydrogens is 286 g/mol. The Morgan fingerprint density at radius 3 is 2.22 bits per heavy atom. The number of ether oxygens (including phenoxy) is 2. The first-order valence-corrected chi connectivity index (χ1v) is 8.43. The van der Waals surface area contributed by atoms with Crippen LogP contribution in [0.15, 0.2) is 54.6 Å². The second-order valence-corrected chi connectivity index (χ2v) is 5.48. The fourth-order valence-electron chi connectivity index (χ4n) is 2.41. The van der Waals surface area contributed by atoms with Crippen molar-refractivity contribution < 1.29 is 9.47 Å². The summed E-state index contributed by atoms with van der Waals surface area (Å²) in [6, 6.07) is 18.1. The van der Waals surface area contributed by atoms with E-state index in [1.54, 1.807) is 0 Å². The van der Waals surface area contributed by atoms with Gasteiger partial charge < -0.3 is 14.4 Å². The van der Waals surface area contributed by atoms with E-state index in [4.69, 9.17) is 9.47 Å². The molecule has 0 aliphatic rings. The Labute approximate surface area is 139 Å². The van der Waals surface area contributed by atoms with Crippen molar-refractivity contribution in [2.75, 3.05) is 26.2 Å². The fraction of sp³-hybridized carbons (Fsp3) is 0.400. The molecule has 124 valence electrons. The maximum Gasteiger partial charge on any atom is 0.123 e. The summed E-state index contributed by atoms with van der Waals surface area (Å²) in [5.41, 5.74) is 1.16. The van der Waals surface area contributed by atoms with Crippen LogP contribution in [0.5, 0.6) is 11.5 Å². The summed E-state index contributed by atoms with van der Waals surface area (Å²) in [5, 5.41) is 0. The summed E-state index contributed by atoms with van der Waals surface area (Å²) < 4.78 is 11.7. The molecule has 0 aliphatic carbocycles. The second kappa shape index (κ2) is 9.90. The van der Waals surface area contributed by atoms with Crippen LogP contribution in [0, 0.1) is 0 Å². The predicted molar refractivity (Wildman–Crippen MR) is 95.1 cm³/mol. The number of hydrogen-bond donors (Lipinski definition) is 0.